The number of thioether (sulfide) groups is 1. The van der Waals surface area contributed by atoms with Gasteiger partial charge >= 0.3 is 17.9 Å². The number of rotatable bonds is 16. The molecular formula is C36H39N8O13S2+. The highest BCUT2D eigenvalue weighted by molar-refractivity contribution is 8.00. The molecule has 0 unspecified atom stereocenters. The molecule has 3 aliphatic heterocycles. The number of likely N-dealkylation sites (tertiary alicyclic amines) is 1. The maximum atomic E-state index is 13.6. The molecule has 2 saturated heterocycles. The zero-order valence-corrected chi connectivity index (χ0v) is 32.7. The van der Waals surface area contributed by atoms with E-state index in [4.69, 9.17) is 15.7 Å². The van der Waals surface area contributed by atoms with Crippen LogP contribution >= 0.6 is 23.1 Å². The molecular weight excluding hydrogens is 817 g/mol. The van der Waals surface area contributed by atoms with E-state index in [1.54, 1.807) is 4.57 Å². The average molecular weight is 856 g/mol. The number of quaternary nitrogens is 1. The molecule has 59 heavy (non-hydrogen) atoms. The van der Waals surface area contributed by atoms with Crippen molar-refractivity contribution in [1.29, 1.82) is 0 Å². The Morgan fingerprint density at radius 2 is 1.78 bits per heavy atom. The van der Waals surface area contributed by atoms with E-state index in [0.29, 0.717) is 35.2 Å². The number of nitrogens with two attached hydrogens (primary N) is 1. The Labute approximate surface area is 341 Å². The van der Waals surface area contributed by atoms with Crippen molar-refractivity contribution in [2.75, 3.05) is 44.2 Å². The lowest BCUT2D eigenvalue weighted by atomic mass is 10.0. The fourth-order valence-electron chi connectivity index (χ4n) is 7.62. The highest BCUT2D eigenvalue weighted by Gasteiger charge is 2.55. The number of aromatic nitrogens is 2. The number of phenols is 2. The molecule has 1 saturated carbocycles. The van der Waals surface area contributed by atoms with Crippen LogP contribution in [0, 0.1) is 0 Å². The molecule has 1 aliphatic carbocycles. The lowest BCUT2D eigenvalue weighted by Crippen LogP contribution is -2.71. The van der Waals surface area contributed by atoms with Crippen LogP contribution in [0.25, 0.3) is 10.9 Å². The van der Waals surface area contributed by atoms with Crippen LogP contribution in [-0.2, 0) is 28.8 Å². The fraction of sp³-hybridized carbons (Fsp3) is 0.417. The number of hydrogen-bond donors (Lipinski definition) is 8. The third kappa shape index (κ3) is 8.25. The summed E-state index contributed by atoms with van der Waals surface area (Å²) in [5.41, 5.74) is 4.95. The van der Waals surface area contributed by atoms with E-state index in [1.807, 2.05) is 0 Å². The summed E-state index contributed by atoms with van der Waals surface area (Å²) in [6, 6.07) is 1.27. The van der Waals surface area contributed by atoms with E-state index in [-0.39, 0.29) is 58.1 Å². The predicted octanol–water partition coefficient (Wildman–Crippen LogP) is 0.214. The number of oxime groups is 1. The molecule has 3 atom stereocenters. The van der Waals surface area contributed by atoms with Crippen molar-refractivity contribution in [2.45, 2.75) is 55.7 Å². The Balaban J connectivity index is 1.05. The van der Waals surface area contributed by atoms with Gasteiger partial charge in [-0.25, -0.2) is 14.6 Å². The number of amides is 3. The minimum atomic E-state index is -1.96. The van der Waals surface area contributed by atoms with Gasteiger partial charge in [0, 0.05) is 47.9 Å². The van der Waals surface area contributed by atoms with Crippen LogP contribution in [0.2, 0.25) is 0 Å². The summed E-state index contributed by atoms with van der Waals surface area (Å²) in [4.78, 5) is 99.3. The Morgan fingerprint density at radius 1 is 1.07 bits per heavy atom. The van der Waals surface area contributed by atoms with E-state index in [0.717, 1.165) is 48.0 Å². The number of thiazole rings is 1. The number of benzene rings is 1. The summed E-state index contributed by atoms with van der Waals surface area (Å²) in [5, 5.41) is 58.5. The molecule has 3 aromatic rings. The molecule has 312 valence electrons. The number of nitrogens with zero attached hydrogens (tertiary/aromatic N) is 5. The third-order valence-electron chi connectivity index (χ3n) is 10.6. The van der Waals surface area contributed by atoms with Crippen molar-refractivity contribution in [3.05, 3.63) is 56.5 Å². The predicted molar refractivity (Wildman–Crippen MR) is 209 cm³/mol. The zero-order chi connectivity index (χ0) is 42.3. The number of fused-ring (bicyclic) bond motifs is 2. The van der Waals surface area contributed by atoms with Gasteiger partial charge in [0.05, 0.1) is 43.5 Å². The molecule has 23 heteroatoms. The molecule has 2 aromatic heterocycles. The van der Waals surface area contributed by atoms with Crippen molar-refractivity contribution in [2.24, 2.45) is 5.16 Å². The molecule has 3 fully saturated rings. The highest BCUT2D eigenvalue weighted by atomic mass is 32.2. The lowest BCUT2D eigenvalue weighted by molar-refractivity contribution is -0.911. The second-order valence-electron chi connectivity index (χ2n) is 14.7. The summed E-state index contributed by atoms with van der Waals surface area (Å²) < 4.78 is 2.17. The van der Waals surface area contributed by atoms with Gasteiger partial charge in [0.25, 0.3) is 17.7 Å². The molecule has 5 heterocycles. The Kier molecular flexibility index (Phi) is 11.3. The molecule has 9 N–H and O–H groups in total. The number of carbonyl (C=O) groups is 6. The number of phenolic OH excluding ortho intramolecular Hbond substituents is 2. The van der Waals surface area contributed by atoms with Gasteiger partial charge in [-0.15, -0.1) is 23.1 Å². The largest absolute Gasteiger partial charge is 0.504 e. The standard InChI is InChI=1S/C36H38N8O13S2/c37-36-39-20(15-59-36)26(41-57-24(34(53)54)11-25(47)48)31(51)40-27-32(52)43-28(35(55)56)16(14-58-33(27)43)13-44(6-1-2-7-44)8-5-38-30(50)19-12-42(17-3-4-17)21-10-23(46)22(45)9-18(21)29(19)49/h9-10,12,15,17,24,27,33H,1-8,11,13-14H2,(H8-,37,38,39,40,41,45,46,47,48,49,50,51,53,54,55,56)/p+1/t24-,27+,33+/m0/s1. The molecule has 0 radical (unpaired) electrons. The normalized spacial score (nSPS) is 20.4. The van der Waals surface area contributed by atoms with Gasteiger partial charge in [0.2, 0.25) is 11.5 Å². The van der Waals surface area contributed by atoms with Gasteiger partial charge in [-0.3, -0.25) is 28.9 Å². The van der Waals surface area contributed by atoms with E-state index >= 15 is 0 Å². The molecule has 0 bridgehead atoms. The smallest absolute Gasteiger partial charge is 0.352 e. The third-order valence-corrected chi connectivity index (χ3v) is 12.7. The van der Waals surface area contributed by atoms with Gasteiger partial charge in [0.15, 0.2) is 22.3 Å². The maximum Gasteiger partial charge on any atom is 0.352 e. The number of aromatic hydroxyl groups is 2. The number of anilines is 1. The summed E-state index contributed by atoms with van der Waals surface area (Å²) >= 11 is 2.15. The van der Waals surface area contributed by atoms with Crippen LogP contribution in [0.15, 0.2) is 44.9 Å². The van der Waals surface area contributed by atoms with Gasteiger partial charge in [0.1, 0.15) is 34.9 Å². The zero-order valence-electron chi connectivity index (χ0n) is 31.0. The first kappa shape index (κ1) is 41.0. The SMILES string of the molecule is Nc1nc(C(=NO[C@@H](CC(=O)O)C(=O)O)C(=O)N[C@@H]2C(=O)N3C(C(=O)O)=C(C[N+]4(CCNC(=O)c5cn(C6CC6)c6cc(O)c(O)cc6c5=O)CCCC4)CS[C@H]23)cs1. The topological polar surface area (TPSA) is 313 Å². The first-order valence-electron chi connectivity index (χ1n) is 18.4. The highest BCUT2D eigenvalue weighted by Crippen LogP contribution is 2.42. The number of carboxylic acid groups (broad SMARTS) is 3. The van der Waals surface area contributed by atoms with Crippen molar-refractivity contribution < 1.29 is 63.6 Å². The maximum absolute atomic E-state index is 13.6. The van der Waals surface area contributed by atoms with Crippen LogP contribution in [0.4, 0.5) is 5.13 Å². The van der Waals surface area contributed by atoms with E-state index < -0.39 is 76.5 Å². The molecule has 4 aliphatic rings. The van der Waals surface area contributed by atoms with E-state index in [2.05, 4.69) is 20.8 Å². The summed E-state index contributed by atoms with van der Waals surface area (Å²) in [7, 11) is 0. The quantitative estimate of drug-likeness (QED) is 0.0314. The molecule has 1 aromatic carbocycles. The first-order chi connectivity index (χ1) is 28.1. The van der Waals surface area contributed by atoms with Crippen molar-refractivity contribution in [3.63, 3.8) is 0 Å². The van der Waals surface area contributed by atoms with Crippen LogP contribution in [-0.4, -0.2) is 142 Å². The fourth-order valence-corrected chi connectivity index (χ4v) is 9.51. The summed E-state index contributed by atoms with van der Waals surface area (Å²) in [6.45, 7) is 2.13. The van der Waals surface area contributed by atoms with Gasteiger partial charge in [-0.1, -0.05) is 5.16 Å². The van der Waals surface area contributed by atoms with Gasteiger partial charge in [-0.2, -0.15) is 0 Å². The summed E-state index contributed by atoms with van der Waals surface area (Å²) in [5.74, 6) is -7.54. The Hall–Kier alpha value is -6.20. The molecule has 21 nitrogen and oxygen atoms in total. The summed E-state index contributed by atoms with van der Waals surface area (Å²) in [6.07, 6.45) is 1.88. The first-order valence-corrected chi connectivity index (χ1v) is 20.3. The van der Waals surface area contributed by atoms with Gasteiger partial charge in [-0.05, 0) is 18.9 Å². The number of nitrogens with one attached hydrogen (secondary N) is 2. The second kappa shape index (κ2) is 16.2. The van der Waals surface area contributed by atoms with Crippen LogP contribution < -0.4 is 21.8 Å². The number of hydrogen-bond acceptors (Lipinski definition) is 15. The second-order valence-corrected chi connectivity index (χ2v) is 16.7. The van der Waals surface area contributed by atoms with Gasteiger partial charge < -0.3 is 55.8 Å². The Morgan fingerprint density at radius 3 is 2.41 bits per heavy atom. The number of aliphatic carboxylic acids is 3. The number of carbonyl (C=O) groups excluding carboxylic acids is 3. The van der Waals surface area contributed by atoms with Crippen molar-refractivity contribution >= 4 is 80.5 Å². The molecule has 7 rings (SSSR count). The average Bonchev–Trinajstić information content (AvgIpc) is 3.78. The lowest BCUT2D eigenvalue weighted by Gasteiger charge is -2.50. The van der Waals surface area contributed by atoms with E-state index in [9.17, 15) is 54.0 Å². The van der Waals surface area contributed by atoms with Crippen LogP contribution in [0.3, 0.4) is 0 Å². The monoisotopic (exact) mass is 855 g/mol. The van der Waals surface area contributed by atoms with E-state index in [1.165, 1.54) is 29.4 Å². The van der Waals surface area contributed by atoms with Crippen molar-refractivity contribution in [3.8, 4) is 11.5 Å². The number of carboxylic acids is 3. The number of nitrogen functional groups attached to an aromatic ring is 1. The molecule has 3 amide bonds. The molecule has 0 spiro atoms. The number of β-lactam (4-membered cyclic amide) rings is 1. The van der Waals surface area contributed by atoms with Crippen LogP contribution in [0.1, 0.15) is 54.2 Å². The minimum absolute atomic E-state index is 0.0201. The van der Waals surface area contributed by atoms with Crippen LogP contribution in [0.5, 0.6) is 11.5 Å². The van der Waals surface area contributed by atoms with Crippen molar-refractivity contribution in [1.82, 2.24) is 25.1 Å². The Bertz CT molecular complexity index is 2400. The minimum Gasteiger partial charge on any atom is -0.504 e. The number of pyridine rings is 1.